The van der Waals surface area contributed by atoms with Gasteiger partial charge in [-0.25, -0.2) is 0 Å². The minimum atomic E-state index is 0.725. The Morgan fingerprint density at radius 1 is 1.04 bits per heavy atom. The van der Waals surface area contributed by atoms with Gasteiger partial charge in [0.1, 0.15) is 0 Å². The van der Waals surface area contributed by atoms with Gasteiger partial charge in [-0.15, -0.1) is 0 Å². The molecule has 1 nitrogen and oxygen atoms in total. The molecule has 1 aliphatic rings. The fourth-order valence-corrected chi connectivity index (χ4v) is 4.05. The highest BCUT2D eigenvalue weighted by atomic mass is 14.3. The van der Waals surface area contributed by atoms with Crippen molar-refractivity contribution in [3.8, 4) is 6.07 Å². The van der Waals surface area contributed by atoms with Crippen molar-refractivity contribution in [2.75, 3.05) is 0 Å². The van der Waals surface area contributed by atoms with Crippen LogP contribution in [-0.4, -0.2) is 0 Å². The highest BCUT2D eigenvalue weighted by Gasteiger charge is 2.23. The van der Waals surface area contributed by atoms with Crippen LogP contribution in [0.4, 0.5) is 0 Å². The summed E-state index contributed by atoms with van der Waals surface area (Å²) in [7, 11) is 0. The van der Waals surface area contributed by atoms with Crippen molar-refractivity contribution in [1.29, 1.82) is 5.26 Å². The molecule has 120 valence electrons. The van der Waals surface area contributed by atoms with Crippen molar-refractivity contribution >= 4 is 10.8 Å². The Morgan fingerprint density at radius 2 is 1.74 bits per heavy atom. The molecule has 1 heteroatoms. The van der Waals surface area contributed by atoms with Gasteiger partial charge in [-0.05, 0) is 78.3 Å². The summed E-state index contributed by atoms with van der Waals surface area (Å²) in [5.74, 6) is 2.55. The van der Waals surface area contributed by atoms with E-state index in [1.165, 1.54) is 54.9 Å². The Balaban J connectivity index is 1.69. The zero-order valence-electron chi connectivity index (χ0n) is 14.4. The average Bonchev–Trinajstić information content (AvgIpc) is 2.61. The normalized spacial score (nSPS) is 22.7. The van der Waals surface area contributed by atoms with Crippen LogP contribution in [0.5, 0.6) is 0 Å². The molecule has 0 aliphatic heterocycles. The van der Waals surface area contributed by atoms with Gasteiger partial charge in [-0.1, -0.05) is 44.5 Å². The van der Waals surface area contributed by atoms with Gasteiger partial charge in [0.25, 0.3) is 0 Å². The first-order valence-corrected chi connectivity index (χ1v) is 9.13. The highest BCUT2D eigenvalue weighted by Crippen LogP contribution is 2.39. The zero-order chi connectivity index (χ0) is 16.2. The molecule has 0 amide bonds. The van der Waals surface area contributed by atoms with E-state index in [1.807, 2.05) is 12.1 Å². The third-order valence-electron chi connectivity index (χ3n) is 5.74. The summed E-state index contributed by atoms with van der Waals surface area (Å²) in [6, 6.07) is 15.0. The first kappa shape index (κ1) is 16.1. The molecule has 1 saturated carbocycles. The molecule has 3 rings (SSSR count). The summed E-state index contributed by atoms with van der Waals surface area (Å²) < 4.78 is 0. The quantitative estimate of drug-likeness (QED) is 0.639. The van der Waals surface area contributed by atoms with Gasteiger partial charge in [-0.3, -0.25) is 0 Å². The summed E-state index contributed by atoms with van der Waals surface area (Å²) in [6.07, 6.45) is 8.18. The molecule has 1 atom stereocenters. The lowest BCUT2D eigenvalue weighted by Gasteiger charge is -2.30. The lowest BCUT2D eigenvalue weighted by Crippen LogP contribution is -2.15. The van der Waals surface area contributed by atoms with E-state index >= 15 is 0 Å². The van der Waals surface area contributed by atoms with Gasteiger partial charge in [0, 0.05) is 0 Å². The highest BCUT2D eigenvalue weighted by molar-refractivity contribution is 5.84. The second-order valence-electron chi connectivity index (χ2n) is 7.40. The lowest BCUT2D eigenvalue weighted by molar-refractivity contribution is 0.273. The van der Waals surface area contributed by atoms with Gasteiger partial charge >= 0.3 is 0 Å². The minimum absolute atomic E-state index is 0.725. The molecule has 1 aliphatic carbocycles. The Bertz CT molecular complexity index is 701. The van der Waals surface area contributed by atoms with E-state index in [0.717, 1.165) is 23.3 Å². The minimum Gasteiger partial charge on any atom is -0.192 e. The van der Waals surface area contributed by atoms with E-state index in [9.17, 15) is 0 Å². The van der Waals surface area contributed by atoms with Crippen molar-refractivity contribution in [3.63, 3.8) is 0 Å². The second kappa shape index (κ2) is 7.18. The zero-order valence-corrected chi connectivity index (χ0v) is 14.4. The molecule has 0 N–H and O–H groups in total. The maximum absolute atomic E-state index is 9.01. The van der Waals surface area contributed by atoms with Gasteiger partial charge in [-0.2, -0.15) is 5.26 Å². The van der Waals surface area contributed by atoms with Crippen LogP contribution in [0.25, 0.3) is 10.8 Å². The molecule has 0 radical (unpaired) electrons. The number of hydrogen-bond donors (Lipinski definition) is 0. The first-order chi connectivity index (χ1) is 11.2. The fourth-order valence-electron chi connectivity index (χ4n) is 4.05. The Labute approximate surface area is 140 Å². The van der Waals surface area contributed by atoms with E-state index in [2.05, 4.69) is 44.2 Å². The third kappa shape index (κ3) is 3.75. The van der Waals surface area contributed by atoms with E-state index in [1.54, 1.807) is 0 Å². The Morgan fingerprint density at radius 3 is 2.43 bits per heavy atom. The SMILES string of the molecule is CCC(C)C[C@H]1CC[C@H](c2ccc3cc(C#N)ccc3c2)CC1. The van der Waals surface area contributed by atoms with Crippen molar-refractivity contribution in [2.24, 2.45) is 11.8 Å². The average molecular weight is 305 g/mol. The largest absolute Gasteiger partial charge is 0.192 e. The smallest absolute Gasteiger partial charge is 0.0991 e. The summed E-state index contributed by atoms with van der Waals surface area (Å²) in [6.45, 7) is 4.70. The van der Waals surface area contributed by atoms with Crippen LogP contribution in [0.3, 0.4) is 0 Å². The van der Waals surface area contributed by atoms with Crippen LogP contribution in [0.15, 0.2) is 36.4 Å². The molecule has 0 aromatic heterocycles. The molecule has 0 spiro atoms. The number of hydrogen-bond acceptors (Lipinski definition) is 1. The molecule has 0 saturated heterocycles. The standard InChI is InChI=1S/C22H27N/c1-3-16(2)12-17-4-7-19(8-5-17)21-11-10-20-13-18(15-23)6-9-22(20)14-21/h6,9-11,13-14,16-17,19H,3-5,7-8,12H2,1-2H3/t16?,17-,19-. The van der Waals surface area contributed by atoms with Gasteiger partial charge < -0.3 is 0 Å². The van der Waals surface area contributed by atoms with Crippen molar-refractivity contribution in [3.05, 3.63) is 47.5 Å². The number of nitrogens with zero attached hydrogens (tertiary/aromatic N) is 1. The predicted molar refractivity (Wildman–Crippen MR) is 97.4 cm³/mol. The molecule has 2 aromatic rings. The number of fused-ring (bicyclic) bond motifs is 1. The van der Waals surface area contributed by atoms with E-state index in [4.69, 9.17) is 5.26 Å². The summed E-state index contributed by atoms with van der Waals surface area (Å²) >= 11 is 0. The number of nitriles is 1. The molecule has 2 aromatic carbocycles. The molecular formula is C22H27N. The monoisotopic (exact) mass is 305 g/mol. The van der Waals surface area contributed by atoms with Gasteiger partial charge in [0.15, 0.2) is 0 Å². The maximum atomic E-state index is 9.01. The van der Waals surface area contributed by atoms with E-state index in [-0.39, 0.29) is 0 Å². The van der Waals surface area contributed by atoms with E-state index in [0.29, 0.717) is 0 Å². The topological polar surface area (TPSA) is 23.8 Å². The summed E-state index contributed by atoms with van der Waals surface area (Å²) in [4.78, 5) is 0. The van der Waals surface area contributed by atoms with E-state index < -0.39 is 0 Å². The van der Waals surface area contributed by atoms with Crippen molar-refractivity contribution in [1.82, 2.24) is 0 Å². The summed E-state index contributed by atoms with van der Waals surface area (Å²) in [5, 5.41) is 11.5. The number of rotatable bonds is 4. The van der Waals surface area contributed by atoms with Crippen LogP contribution in [-0.2, 0) is 0 Å². The molecule has 0 bridgehead atoms. The molecule has 0 heterocycles. The van der Waals surface area contributed by atoms with Crippen LogP contribution in [0.2, 0.25) is 0 Å². The Hall–Kier alpha value is -1.81. The molecule has 1 fully saturated rings. The fraction of sp³-hybridized carbons (Fsp3) is 0.500. The third-order valence-corrected chi connectivity index (χ3v) is 5.74. The Kier molecular flexibility index (Phi) is 5.01. The molecular weight excluding hydrogens is 278 g/mol. The first-order valence-electron chi connectivity index (χ1n) is 9.13. The number of benzene rings is 2. The van der Waals surface area contributed by atoms with Gasteiger partial charge in [0.05, 0.1) is 11.6 Å². The van der Waals surface area contributed by atoms with Crippen LogP contribution < -0.4 is 0 Å². The second-order valence-corrected chi connectivity index (χ2v) is 7.40. The summed E-state index contributed by atoms with van der Waals surface area (Å²) in [5.41, 5.74) is 2.24. The van der Waals surface area contributed by atoms with Crippen LogP contribution in [0.1, 0.15) is 69.4 Å². The van der Waals surface area contributed by atoms with Gasteiger partial charge in [0.2, 0.25) is 0 Å². The molecule has 1 unspecified atom stereocenters. The van der Waals surface area contributed by atoms with Crippen molar-refractivity contribution < 1.29 is 0 Å². The van der Waals surface area contributed by atoms with Crippen molar-refractivity contribution in [2.45, 2.75) is 58.3 Å². The maximum Gasteiger partial charge on any atom is 0.0991 e. The van der Waals surface area contributed by atoms with Crippen LogP contribution >= 0.6 is 0 Å². The lowest BCUT2D eigenvalue weighted by atomic mass is 9.75. The van der Waals surface area contributed by atoms with Crippen LogP contribution in [0, 0.1) is 23.2 Å². The predicted octanol–water partition coefficient (Wildman–Crippen LogP) is 6.42. The molecule has 23 heavy (non-hydrogen) atoms.